The first-order valence-corrected chi connectivity index (χ1v) is 10.3. The summed E-state index contributed by atoms with van der Waals surface area (Å²) >= 11 is 0. The molecule has 3 rings (SSSR count). The zero-order chi connectivity index (χ0) is 20.9. The molecule has 2 heterocycles. The van der Waals surface area contributed by atoms with Crippen LogP contribution in [-0.2, 0) is 19.1 Å². The van der Waals surface area contributed by atoms with E-state index in [1.54, 1.807) is 0 Å². The van der Waals surface area contributed by atoms with Crippen molar-refractivity contribution in [3.63, 3.8) is 0 Å². The first kappa shape index (κ1) is 21.1. The van der Waals surface area contributed by atoms with E-state index in [-0.39, 0.29) is 35.0 Å². The molecule has 2 aliphatic heterocycles. The van der Waals surface area contributed by atoms with Crippen molar-refractivity contribution in [3.8, 4) is 0 Å². The fourth-order valence-corrected chi connectivity index (χ4v) is 5.04. The third-order valence-corrected chi connectivity index (χ3v) is 6.98. The van der Waals surface area contributed by atoms with Crippen LogP contribution in [0.1, 0.15) is 53.9 Å². The zero-order valence-corrected chi connectivity index (χ0v) is 17.7. The number of carboxylic acid groups (broad SMARTS) is 1. The highest BCUT2D eigenvalue weighted by Gasteiger charge is 2.70. The fourth-order valence-electron chi connectivity index (χ4n) is 5.04. The molecule has 1 saturated carbocycles. The molecular weight excluding hydrogens is 360 g/mol. The third kappa shape index (κ3) is 3.91. The monoisotopic (exact) mass is 394 g/mol. The van der Waals surface area contributed by atoms with E-state index in [1.165, 1.54) is 4.90 Å². The maximum absolute atomic E-state index is 13.3. The molecule has 2 amide bonds. The lowest BCUT2D eigenvalue weighted by atomic mass is 9.84. The van der Waals surface area contributed by atoms with Gasteiger partial charge in [-0.15, -0.1) is 0 Å². The van der Waals surface area contributed by atoms with E-state index in [1.807, 2.05) is 20.8 Å². The highest BCUT2D eigenvalue weighted by molar-refractivity contribution is 5.92. The van der Waals surface area contributed by atoms with Crippen molar-refractivity contribution in [1.29, 1.82) is 0 Å². The second kappa shape index (κ2) is 7.32. The molecule has 1 aliphatic carbocycles. The zero-order valence-electron chi connectivity index (χ0n) is 17.7. The molecule has 7 nitrogen and oxygen atoms in total. The molecule has 2 N–H and O–H groups in total. The molecule has 158 valence electrons. The molecule has 0 spiro atoms. The molecule has 0 bridgehead atoms. The van der Waals surface area contributed by atoms with Crippen LogP contribution in [-0.4, -0.2) is 59.6 Å². The van der Waals surface area contributed by atoms with Crippen molar-refractivity contribution < 1.29 is 24.2 Å². The number of nitrogens with zero attached hydrogens (tertiary/aromatic N) is 1. The van der Waals surface area contributed by atoms with E-state index in [0.29, 0.717) is 26.2 Å². The molecule has 3 fully saturated rings. The Morgan fingerprint density at radius 3 is 2.36 bits per heavy atom. The lowest BCUT2D eigenvalue weighted by Crippen LogP contribution is -2.58. The quantitative estimate of drug-likeness (QED) is 0.742. The van der Waals surface area contributed by atoms with Crippen LogP contribution in [0.25, 0.3) is 0 Å². The van der Waals surface area contributed by atoms with E-state index >= 15 is 0 Å². The van der Waals surface area contributed by atoms with E-state index in [2.05, 4.69) is 19.2 Å². The minimum absolute atomic E-state index is 0.00694. The number of likely N-dealkylation sites (tertiary alicyclic amines) is 1. The van der Waals surface area contributed by atoms with Gasteiger partial charge in [0, 0.05) is 32.1 Å². The minimum Gasteiger partial charge on any atom is -0.480 e. The van der Waals surface area contributed by atoms with Crippen molar-refractivity contribution >= 4 is 17.8 Å². The molecule has 0 aromatic carbocycles. The number of carbonyl (C=O) groups is 3. The second-order valence-electron chi connectivity index (χ2n) is 10.4. The Labute approximate surface area is 167 Å². The number of amides is 2. The predicted molar refractivity (Wildman–Crippen MR) is 103 cm³/mol. The molecular formula is C21H34N2O5. The molecule has 0 aromatic rings. The van der Waals surface area contributed by atoms with Crippen LogP contribution in [0.2, 0.25) is 0 Å². The second-order valence-corrected chi connectivity index (χ2v) is 10.4. The van der Waals surface area contributed by atoms with E-state index in [4.69, 9.17) is 4.74 Å². The standard InChI is InChI=1S/C21H34N2O5/c1-20(2,3)17(22-14(24)10-12-6-8-28-9-7-12)18(25)23-11-13-15(21(13,4)5)16(23)19(26)27/h12-13,15-17H,6-11H2,1-5H3,(H,22,24)(H,26,27)/t13-,15-,16-,17?/m0/s1. The number of hydrogen-bond acceptors (Lipinski definition) is 4. The first-order valence-electron chi connectivity index (χ1n) is 10.3. The lowest BCUT2D eigenvalue weighted by molar-refractivity contribution is -0.152. The van der Waals surface area contributed by atoms with Gasteiger partial charge in [0.25, 0.3) is 0 Å². The molecule has 1 unspecified atom stereocenters. The molecule has 0 aromatic heterocycles. The van der Waals surface area contributed by atoms with Gasteiger partial charge in [0.2, 0.25) is 11.8 Å². The first-order chi connectivity index (χ1) is 12.9. The van der Waals surface area contributed by atoms with Crippen LogP contribution in [0, 0.1) is 28.6 Å². The summed E-state index contributed by atoms with van der Waals surface area (Å²) in [5, 5.41) is 12.7. The van der Waals surface area contributed by atoms with Gasteiger partial charge in [-0.2, -0.15) is 0 Å². The Morgan fingerprint density at radius 1 is 1.21 bits per heavy atom. The molecule has 0 radical (unpaired) electrons. The summed E-state index contributed by atoms with van der Waals surface area (Å²) in [5.74, 6) is -0.882. The normalized spacial score (nSPS) is 30.5. The van der Waals surface area contributed by atoms with Crippen molar-refractivity contribution in [2.75, 3.05) is 19.8 Å². The summed E-state index contributed by atoms with van der Waals surface area (Å²) in [6.45, 7) is 11.6. The highest BCUT2D eigenvalue weighted by Crippen LogP contribution is 2.65. The van der Waals surface area contributed by atoms with Crippen molar-refractivity contribution in [3.05, 3.63) is 0 Å². The summed E-state index contributed by atoms with van der Waals surface area (Å²) in [4.78, 5) is 39.4. The van der Waals surface area contributed by atoms with E-state index in [9.17, 15) is 19.5 Å². The number of fused-ring (bicyclic) bond motifs is 1. The number of rotatable bonds is 5. The number of aliphatic carboxylic acids is 1. The SMILES string of the molecule is CC(C)(C)C(NC(=O)CC1CCOCC1)C(=O)N1C[C@H]2[C@@H]([C@H]1C(=O)O)C2(C)C. The lowest BCUT2D eigenvalue weighted by Gasteiger charge is -2.37. The number of carboxylic acids is 1. The number of carbonyl (C=O) groups excluding carboxylic acids is 2. The average Bonchev–Trinajstić information content (AvgIpc) is 2.95. The van der Waals surface area contributed by atoms with Gasteiger partial charge in [0.05, 0.1) is 0 Å². The largest absolute Gasteiger partial charge is 0.480 e. The topological polar surface area (TPSA) is 95.9 Å². The number of ether oxygens (including phenoxy) is 1. The molecule has 4 atom stereocenters. The fraction of sp³-hybridized carbons (Fsp3) is 0.857. The van der Waals surface area contributed by atoms with Gasteiger partial charge in [-0.25, -0.2) is 4.79 Å². The van der Waals surface area contributed by atoms with Gasteiger partial charge in [0.15, 0.2) is 0 Å². The van der Waals surface area contributed by atoms with E-state index < -0.39 is 23.5 Å². The van der Waals surface area contributed by atoms with Crippen LogP contribution < -0.4 is 5.32 Å². The average molecular weight is 395 g/mol. The number of hydrogen-bond donors (Lipinski definition) is 2. The Hall–Kier alpha value is -1.63. The van der Waals surface area contributed by atoms with Crippen LogP contribution in [0.3, 0.4) is 0 Å². The maximum Gasteiger partial charge on any atom is 0.326 e. The van der Waals surface area contributed by atoms with Gasteiger partial charge in [-0.3, -0.25) is 9.59 Å². The molecule has 28 heavy (non-hydrogen) atoms. The van der Waals surface area contributed by atoms with Crippen LogP contribution in [0.15, 0.2) is 0 Å². The third-order valence-electron chi connectivity index (χ3n) is 6.98. The van der Waals surface area contributed by atoms with Gasteiger partial charge >= 0.3 is 5.97 Å². The Morgan fingerprint density at radius 2 is 1.82 bits per heavy atom. The highest BCUT2D eigenvalue weighted by atomic mass is 16.5. The van der Waals surface area contributed by atoms with Gasteiger partial charge in [0.1, 0.15) is 12.1 Å². The molecule has 2 saturated heterocycles. The summed E-state index contributed by atoms with van der Waals surface area (Å²) in [6, 6.07) is -1.54. The van der Waals surface area contributed by atoms with Crippen LogP contribution >= 0.6 is 0 Å². The molecule has 3 aliphatic rings. The predicted octanol–water partition coefficient (Wildman–Crippen LogP) is 1.90. The van der Waals surface area contributed by atoms with Crippen molar-refractivity contribution in [2.24, 2.45) is 28.6 Å². The Bertz CT molecular complexity index is 648. The van der Waals surface area contributed by atoms with Crippen molar-refractivity contribution in [1.82, 2.24) is 10.2 Å². The Kier molecular flexibility index (Phi) is 5.51. The summed E-state index contributed by atoms with van der Waals surface area (Å²) in [7, 11) is 0. The smallest absolute Gasteiger partial charge is 0.326 e. The summed E-state index contributed by atoms with van der Waals surface area (Å²) in [5.41, 5.74) is -0.545. The number of nitrogens with one attached hydrogen (secondary N) is 1. The summed E-state index contributed by atoms with van der Waals surface area (Å²) in [6.07, 6.45) is 2.09. The van der Waals surface area contributed by atoms with Gasteiger partial charge in [-0.05, 0) is 35.5 Å². The van der Waals surface area contributed by atoms with Crippen molar-refractivity contribution in [2.45, 2.75) is 66.0 Å². The summed E-state index contributed by atoms with van der Waals surface area (Å²) < 4.78 is 5.34. The van der Waals surface area contributed by atoms with Gasteiger partial charge < -0.3 is 20.1 Å². The maximum atomic E-state index is 13.3. The molecule has 7 heteroatoms. The van der Waals surface area contributed by atoms with Gasteiger partial charge in [-0.1, -0.05) is 34.6 Å². The number of piperidine rings is 1. The van der Waals surface area contributed by atoms with E-state index in [0.717, 1.165) is 12.8 Å². The minimum atomic E-state index is -0.951. The van der Waals surface area contributed by atoms with Crippen LogP contribution in [0.5, 0.6) is 0 Å². The van der Waals surface area contributed by atoms with Crippen LogP contribution in [0.4, 0.5) is 0 Å². The Balaban J connectivity index is 1.70.